The van der Waals surface area contributed by atoms with Crippen LogP contribution in [-0.4, -0.2) is 17.8 Å². The van der Waals surface area contributed by atoms with E-state index in [4.69, 9.17) is 0 Å². The molecule has 0 spiro atoms. The third-order valence-electron chi connectivity index (χ3n) is 2.81. The van der Waals surface area contributed by atoms with E-state index in [2.05, 4.69) is 5.32 Å². The van der Waals surface area contributed by atoms with Gasteiger partial charge in [-0.05, 0) is 30.5 Å². The van der Waals surface area contributed by atoms with Gasteiger partial charge in [-0.25, -0.2) is 4.39 Å². The number of rotatable bonds is 5. The van der Waals surface area contributed by atoms with E-state index in [1.165, 1.54) is 12.1 Å². The van der Waals surface area contributed by atoms with E-state index >= 15 is 0 Å². The number of hydrogen-bond acceptors (Lipinski definition) is 2. The van der Waals surface area contributed by atoms with Gasteiger partial charge in [0.15, 0.2) is 0 Å². The third-order valence-corrected chi connectivity index (χ3v) is 2.81. The Bertz CT molecular complexity index is 327. The molecule has 0 aliphatic carbocycles. The van der Waals surface area contributed by atoms with Gasteiger partial charge in [0.25, 0.3) is 0 Å². The monoisotopic (exact) mass is 225 g/mol. The molecule has 0 saturated heterocycles. The molecule has 0 radical (unpaired) electrons. The van der Waals surface area contributed by atoms with Crippen molar-refractivity contribution in [1.82, 2.24) is 5.32 Å². The van der Waals surface area contributed by atoms with Crippen molar-refractivity contribution in [1.29, 1.82) is 0 Å². The van der Waals surface area contributed by atoms with Gasteiger partial charge in [-0.15, -0.1) is 0 Å². The van der Waals surface area contributed by atoms with Crippen molar-refractivity contribution in [2.75, 3.05) is 6.61 Å². The van der Waals surface area contributed by atoms with Crippen LogP contribution >= 0.6 is 0 Å². The molecule has 1 aromatic carbocycles. The van der Waals surface area contributed by atoms with Crippen LogP contribution in [0.15, 0.2) is 24.3 Å². The summed E-state index contributed by atoms with van der Waals surface area (Å²) in [5, 5.41) is 12.5. The second-order valence-corrected chi connectivity index (χ2v) is 4.48. The highest BCUT2D eigenvalue weighted by atomic mass is 19.1. The van der Waals surface area contributed by atoms with Gasteiger partial charge in [0.05, 0.1) is 6.61 Å². The summed E-state index contributed by atoms with van der Waals surface area (Å²) in [4.78, 5) is 0. The Labute approximate surface area is 96.5 Å². The SMILES string of the molecule is CC(N[C@@H](CO)C(C)C)c1cccc(F)c1. The van der Waals surface area contributed by atoms with Gasteiger partial charge < -0.3 is 10.4 Å². The summed E-state index contributed by atoms with van der Waals surface area (Å²) in [7, 11) is 0. The zero-order chi connectivity index (χ0) is 12.1. The minimum absolute atomic E-state index is 0.0373. The molecule has 2 N–H and O–H groups in total. The van der Waals surface area contributed by atoms with Crippen LogP contribution in [0, 0.1) is 11.7 Å². The number of hydrogen-bond donors (Lipinski definition) is 2. The van der Waals surface area contributed by atoms with Crippen molar-refractivity contribution in [3.8, 4) is 0 Å². The van der Waals surface area contributed by atoms with Crippen molar-refractivity contribution >= 4 is 0 Å². The summed E-state index contributed by atoms with van der Waals surface area (Å²) in [6.07, 6.45) is 0. The summed E-state index contributed by atoms with van der Waals surface area (Å²) in [6.45, 7) is 6.16. The van der Waals surface area contributed by atoms with Crippen LogP contribution in [0.25, 0.3) is 0 Å². The molecule has 2 atom stereocenters. The normalized spacial score (nSPS) is 15.1. The quantitative estimate of drug-likeness (QED) is 0.807. The van der Waals surface area contributed by atoms with Crippen LogP contribution in [0.5, 0.6) is 0 Å². The molecule has 0 saturated carbocycles. The molecule has 3 heteroatoms. The van der Waals surface area contributed by atoms with E-state index in [-0.39, 0.29) is 24.5 Å². The molecule has 1 unspecified atom stereocenters. The summed E-state index contributed by atoms with van der Waals surface area (Å²) in [5.41, 5.74) is 0.902. The second kappa shape index (κ2) is 5.97. The van der Waals surface area contributed by atoms with Gasteiger partial charge in [-0.2, -0.15) is 0 Å². The molecule has 0 heterocycles. The predicted molar refractivity (Wildman–Crippen MR) is 63.7 cm³/mol. The fourth-order valence-electron chi connectivity index (χ4n) is 1.65. The average molecular weight is 225 g/mol. The molecule has 1 aromatic rings. The smallest absolute Gasteiger partial charge is 0.123 e. The minimum Gasteiger partial charge on any atom is -0.395 e. The Balaban J connectivity index is 2.67. The molecule has 16 heavy (non-hydrogen) atoms. The maximum Gasteiger partial charge on any atom is 0.123 e. The lowest BCUT2D eigenvalue weighted by molar-refractivity contribution is 0.201. The fraction of sp³-hybridized carbons (Fsp3) is 0.538. The molecule has 0 amide bonds. The first-order chi connectivity index (χ1) is 7.54. The topological polar surface area (TPSA) is 32.3 Å². The zero-order valence-corrected chi connectivity index (χ0v) is 10.1. The van der Waals surface area contributed by atoms with Crippen molar-refractivity contribution < 1.29 is 9.50 Å². The standard InChI is InChI=1S/C13H20FNO/c1-9(2)13(8-16)15-10(3)11-5-4-6-12(14)7-11/h4-7,9-10,13,15-16H,8H2,1-3H3/t10?,13-/m0/s1. The highest BCUT2D eigenvalue weighted by molar-refractivity contribution is 5.19. The van der Waals surface area contributed by atoms with Crippen molar-refractivity contribution in [2.24, 2.45) is 5.92 Å². The lowest BCUT2D eigenvalue weighted by Crippen LogP contribution is -2.38. The van der Waals surface area contributed by atoms with Crippen LogP contribution in [0.3, 0.4) is 0 Å². The van der Waals surface area contributed by atoms with Crippen molar-refractivity contribution in [3.05, 3.63) is 35.6 Å². The van der Waals surface area contributed by atoms with Crippen LogP contribution in [-0.2, 0) is 0 Å². The number of halogens is 1. The third kappa shape index (κ3) is 3.58. The Morgan fingerprint density at radius 1 is 1.31 bits per heavy atom. The first kappa shape index (κ1) is 13.1. The van der Waals surface area contributed by atoms with Gasteiger partial charge in [-0.1, -0.05) is 26.0 Å². The lowest BCUT2D eigenvalue weighted by Gasteiger charge is -2.25. The van der Waals surface area contributed by atoms with Gasteiger partial charge >= 0.3 is 0 Å². The minimum atomic E-state index is -0.226. The van der Waals surface area contributed by atoms with Gasteiger partial charge in [-0.3, -0.25) is 0 Å². The second-order valence-electron chi connectivity index (χ2n) is 4.48. The first-order valence-electron chi connectivity index (χ1n) is 5.67. The number of aliphatic hydroxyl groups excluding tert-OH is 1. The van der Waals surface area contributed by atoms with Crippen molar-refractivity contribution in [2.45, 2.75) is 32.9 Å². The largest absolute Gasteiger partial charge is 0.395 e. The maximum absolute atomic E-state index is 13.0. The van der Waals surface area contributed by atoms with E-state index in [1.54, 1.807) is 6.07 Å². The Hall–Kier alpha value is -0.930. The molecular weight excluding hydrogens is 205 g/mol. The summed E-state index contributed by atoms with van der Waals surface area (Å²) < 4.78 is 13.0. The zero-order valence-electron chi connectivity index (χ0n) is 10.1. The van der Waals surface area contributed by atoms with E-state index in [0.717, 1.165) is 5.56 Å². The molecular formula is C13H20FNO. The Morgan fingerprint density at radius 3 is 2.50 bits per heavy atom. The van der Waals surface area contributed by atoms with E-state index in [0.29, 0.717) is 5.92 Å². The predicted octanol–water partition coefficient (Wildman–Crippen LogP) is 2.49. The van der Waals surface area contributed by atoms with Crippen LogP contribution in [0.4, 0.5) is 4.39 Å². The fourth-order valence-corrected chi connectivity index (χ4v) is 1.65. The van der Waals surface area contributed by atoms with Gasteiger partial charge in [0.1, 0.15) is 5.82 Å². The van der Waals surface area contributed by atoms with E-state index in [9.17, 15) is 9.50 Å². The molecule has 1 rings (SSSR count). The average Bonchev–Trinajstić information content (AvgIpc) is 2.25. The van der Waals surface area contributed by atoms with Crippen LogP contribution < -0.4 is 5.32 Å². The van der Waals surface area contributed by atoms with Crippen molar-refractivity contribution in [3.63, 3.8) is 0 Å². The van der Waals surface area contributed by atoms with Gasteiger partial charge in [0.2, 0.25) is 0 Å². The number of benzene rings is 1. The molecule has 90 valence electrons. The highest BCUT2D eigenvalue weighted by Crippen LogP contribution is 2.15. The number of nitrogens with one attached hydrogen (secondary N) is 1. The molecule has 0 bridgehead atoms. The van der Waals surface area contributed by atoms with Gasteiger partial charge in [0, 0.05) is 12.1 Å². The molecule has 0 fully saturated rings. The van der Waals surface area contributed by atoms with E-state index < -0.39 is 0 Å². The number of aliphatic hydroxyl groups is 1. The molecule has 2 nitrogen and oxygen atoms in total. The Kier molecular flexibility index (Phi) is 4.90. The van der Waals surface area contributed by atoms with Crippen LogP contribution in [0.1, 0.15) is 32.4 Å². The molecule has 0 aromatic heterocycles. The summed E-state index contributed by atoms with van der Waals surface area (Å²) >= 11 is 0. The molecule has 0 aliphatic rings. The highest BCUT2D eigenvalue weighted by Gasteiger charge is 2.15. The summed E-state index contributed by atoms with van der Waals surface area (Å²) in [5.74, 6) is 0.122. The van der Waals surface area contributed by atoms with Crippen LogP contribution in [0.2, 0.25) is 0 Å². The summed E-state index contributed by atoms with van der Waals surface area (Å²) in [6, 6.07) is 6.62. The first-order valence-corrected chi connectivity index (χ1v) is 5.67. The Morgan fingerprint density at radius 2 is 2.00 bits per heavy atom. The molecule has 0 aliphatic heterocycles. The maximum atomic E-state index is 13.0. The lowest BCUT2D eigenvalue weighted by atomic mass is 10.0. The van der Waals surface area contributed by atoms with E-state index in [1.807, 2.05) is 26.8 Å².